The number of benzene rings is 3. The molecule has 0 aromatic heterocycles. The molecule has 3 aromatic rings. The Morgan fingerprint density at radius 3 is 2.26 bits per heavy atom. The topological polar surface area (TPSA) is 86.8 Å². The number of nitrogens with one attached hydrogen (secondary N) is 1. The molecular weight excluding hydrogens is 557 g/mol. The summed E-state index contributed by atoms with van der Waals surface area (Å²) in [6.07, 6.45) is 2.24. The lowest BCUT2D eigenvalue weighted by Gasteiger charge is -2.32. The first-order valence-electron chi connectivity index (χ1n) is 12.8. The summed E-state index contributed by atoms with van der Waals surface area (Å²) in [5.74, 6) is -0.804. The van der Waals surface area contributed by atoms with Gasteiger partial charge in [0.25, 0.3) is 10.0 Å². The van der Waals surface area contributed by atoms with Crippen LogP contribution in [0.3, 0.4) is 0 Å². The Morgan fingerprint density at radius 2 is 1.62 bits per heavy atom. The molecule has 10 heteroatoms. The second kappa shape index (κ2) is 14.4. The number of nitrogens with zero attached hydrogens (tertiary/aromatic N) is 2. The van der Waals surface area contributed by atoms with E-state index in [0.717, 1.165) is 22.7 Å². The first-order valence-corrected chi connectivity index (χ1v) is 15.0. The molecule has 3 rings (SSSR count). The van der Waals surface area contributed by atoms with Crippen molar-refractivity contribution in [3.8, 4) is 0 Å². The van der Waals surface area contributed by atoms with Crippen molar-refractivity contribution in [3.05, 3.63) is 94.5 Å². The average molecular weight is 591 g/mol. The Balaban J connectivity index is 1.95. The van der Waals surface area contributed by atoms with E-state index in [1.165, 1.54) is 35.2 Å². The van der Waals surface area contributed by atoms with Crippen molar-refractivity contribution in [2.45, 2.75) is 44.0 Å². The predicted octanol–water partition coefficient (Wildman–Crippen LogP) is 5.56. The van der Waals surface area contributed by atoms with Crippen LogP contribution in [-0.4, -0.2) is 50.8 Å². The Hall–Kier alpha value is -3.07. The van der Waals surface area contributed by atoms with Crippen LogP contribution in [0.25, 0.3) is 0 Å². The number of amides is 2. The van der Waals surface area contributed by atoms with Gasteiger partial charge in [-0.2, -0.15) is 0 Å². The summed E-state index contributed by atoms with van der Waals surface area (Å²) in [7, 11) is -4.18. The molecule has 0 bridgehead atoms. The van der Waals surface area contributed by atoms with Gasteiger partial charge in [-0.25, -0.2) is 8.42 Å². The van der Waals surface area contributed by atoms with E-state index in [1.807, 2.05) is 37.3 Å². The lowest BCUT2D eigenvalue weighted by atomic mass is 10.1. The predicted molar refractivity (Wildman–Crippen MR) is 157 cm³/mol. The van der Waals surface area contributed by atoms with Gasteiger partial charge in [0.1, 0.15) is 12.6 Å². The van der Waals surface area contributed by atoms with E-state index in [-0.39, 0.29) is 23.0 Å². The highest BCUT2D eigenvalue weighted by atomic mass is 35.5. The van der Waals surface area contributed by atoms with Gasteiger partial charge in [0.15, 0.2) is 0 Å². The maximum absolute atomic E-state index is 13.8. The number of carbonyl (C=O) groups excluding carboxylic acids is 2. The molecular formula is C29H33Cl2N3O4S. The minimum Gasteiger partial charge on any atom is -0.354 e. The van der Waals surface area contributed by atoms with Crippen molar-refractivity contribution >= 4 is 50.7 Å². The number of rotatable bonds is 13. The number of hydrogen-bond acceptors (Lipinski definition) is 4. The van der Waals surface area contributed by atoms with Gasteiger partial charge >= 0.3 is 0 Å². The minimum absolute atomic E-state index is 0.0270. The van der Waals surface area contributed by atoms with Crippen LogP contribution in [0.2, 0.25) is 10.0 Å². The Bertz CT molecular complexity index is 1350. The third kappa shape index (κ3) is 8.46. The molecule has 7 nitrogen and oxygen atoms in total. The van der Waals surface area contributed by atoms with E-state index in [0.29, 0.717) is 23.0 Å². The molecule has 1 unspecified atom stereocenters. The van der Waals surface area contributed by atoms with Crippen molar-refractivity contribution in [2.24, 2.45) is 0 Å². The molecule has 1 atom stereocenters. The third-order valence-electron chi connectivity index (χ3n) is 6.26. The minimum atomic E-state index is -4.18. The molecule has 0 saturated carbocycles. The fraction of sp³-hybridized carbons (Fsp3) is 0.310. The van der Waals surface area contributed by atoms with Crippen molar-refractivity contribution in [2.75, 3.05) is 23.9 Å². The fourth-order valence-electron chi connectivity index (χ4n) is 4.00. The molecule has 2 amide bonds. The van der Waals surface area contributed by atoms with Crippen LogP contribution < -0.4 is 9.62 Å². The second-order valence-corrected chi connectivity index (χ2v) is 11.8. The Morgan fingerprint density at radius 1 is 0.923 bits per heavy atom. The number of halogens is 2. The molecule has 3 aromatic carbocycles. The van der Waals surface area contributed by atoms with Crippen molar-refractivity contribution < 1.29 is 18.0 Å². The van der Waals surface area contributed by atoms with Gasteiger partial charge in [-0.05, 0) is 67.8 Å². The quantitative estimate of drug-likeness (QED) is 0.264. The lowest BCUT2D eigenvalue weighted by molar-refractivity contribution is -0.138. The second-order valence-electron chi connectivity index (χ2n) is 9.09. The number of sulfonamides is 1. The fourth-order valence-corrected chi connectivity index (χ4v) is 5.72. The average Bonchev–Trinajstić information content (AvgIpc) is 2.92. The molecule has 0 spiro atoms. The molecule has 0 aliphatic rings. The zero-order valence-corrected chi connectivity index (χ0v) is 24.3. The smallest absolute Gasteiger partial charge is 0.264 e. The zero-order chi connectivity index (χ0) is 28.4. The van der Waals surface area contributed by atoms with E-state index >= 15 is 0 Å². The number of carbonyl (C=O) groups is 2. The highest BCUT2D eigenvalue weighted by Crippen LogP contribution is 2.27. The zero-order valence-electron chi connectivity index (χ0n) is 22.0. The number of hydrogen-bond donors (Lipinski definition) is 1. The molecule has 0 aliphatic heterocycles. The van der Waals surface area contributed by atoms with Crippen molar-refractivity contribution in [3.63, 3.8) is 0 Å². The van der Waals surface area contributed by atoms with Gasteiger partial charge in [0.05, 0.1) is 10.6 Å². The van der Waals surface area contributed by atoms with Gasteiger partial charge < -0.3 is 10.2 Å². The monoisotopic (exact) mass is 589 g/mol. The van der Waals surface area contributed by atoms with Gasteiger partial charge in [0, 0.05) is 23.1 Å². The summed E-state index contributed by atoms with van der Waals surface area (Å²) in [4.78, 5) is 28.2. The molecule has 0 aliphatic carbocycles. The summed E-state index contributed by atoms with van der Waals surface area (Å²) in [5, 5.41) is 3.58. The van der Waals surface area contributed by atoms with Crippen LogP contribution in [-0.2, 0) is 26.0 Å². The number of unbranched alkanes of at least 4 members (excludes halogenated alkanes) is 1. The van der Waals surface area contributed by atoms with Gasteiger partial charge in [-0.15, -0.1) is 0 Å². The molecule has 1 N–H and O–H groups in total. The molecule has 208 valence electrons. The lowest BCUT2D eigenvalue weighted by Crippen LogP contribution is -2.52. The summed E-state index contributed by atoms with van der Waals surface area (Å²) in [6.45, 7) is 3.89. The van der Waals surface area contributed by atoms with E-state index in [9.17, 15) is 18.0 Å². The van der Waals surface area contributed by atoms with Crippen LogP contribution in [0.5, 0.6) is 0 Å². The summed E-state index contributed by atoms with van der Waals surface area (Å²) < 4.78 is 28.5. The van der Waals surface area contributed by atoms with Gasteiger partial charge in [-0.1, -0.05) is 72.9 Å². The molecule has 0 radical (unpaired) electrons. The SMILES string of the molecule is CCCCNC(=O)C(C)N(CCc1ccccc1)C(=O)CN(c1cccc(Cl)c1)S(=O)(=O)c1ccc(Cl)cc1. The molecule has 0 saturated heterocycles. The van der Waals surface area contributed by atoms with E-state index in [2.05, 4.69) is 5.32 Å². The van der Waals surface area contributed by atoms with Crippen LogP contribution >= 0.6 is 23.2 Å². The first-order chi connectivity index (χ1) is 18.6. The van der Waals surface area contributed by atoms with E-state index < -0.39 is 28.5 Å². The highest BCUT2D eigenvalue weighted by Gasteiger charge is 2.32. The molecule has 39 heavy (non-hydrogen) atoms. The van der Waals surface area contributed by atoms with Gasteiger partial charge in [0.2, 0.25) is 11.8 Å². The highest BCUT2D eigenvalue weighted by molar-refractivity contribution is 7.92. The summed E-state index contributed by atoms with van der Waals surface area (Å²) in [5.41, 5.74) is 1.23. The van der Waals surface area contributed by atoms with Crippen LogP contribution in [0.4, 0.5) is 5.69 Å². The number of anilines is 1. The largest absolute Gasteiger partial charge is 0.354 e. The van der Waals surface area contributed by atoms with E-state index in [4.69, 9.17) is 23.2 Å². The summed E-state index contributed by atoms with van der Waals surface area (Å²) in [6, 6.07) is 20.8. The summed E-state index contributed by atoms with van der Waals surface area (Å²) >= 11 is 12.2. The van der Waals surface area contributed by atoms with E-state index in [1.54, 1.807) is 25.1 Å². The first kappa shape index (κ1) is 30.5. The van der Waals surface area contributed by atoms with Crippen molar-refractivity contribution in [1.82, 2.24) is 10.2 Å². The van der Waals surface area contributed by atoms with Gasteiger partial charge in [-0.3, -0.25) is 13.9 Å². The maximum Gasteiger partial charge on any atom is 0.264 e. The third-order valence-corrected chi connectivity index (χ3v) is 8.53. The Kier molecular flexibility index (Phi) is 11.2. The standard InChI is InChI=1S/C29H33Cl2N3O4S/c1-3-4-18-32-29(36)22(2)33(19-17-23-9-6-5-7-10-23)28(35)21-34(26-12-8-11-25(31)20-26)39(37,38)27-15-13-24(30)14-16-27/h5-16,20,22H,3-4,17-19,21H2,1-2H3,(H,32,36). The molecule has 0 heterocycles. The molecule has 0 fully saturated rings. The van der Waals surface area contributed by atoms with Crippen molar-refractivity contribution in [1.29, 1.82) is 0 Å². The van der Waals surface area contributed by atoms with Crippen LogP contribution in [0, 0.1) is 0 Å². The normalized spacial score (nSPS) is 12.0. The van der Waals surface area contributed by atoms with Crippen LogP contribution in [0.1, 0.15) is 32.3 Å². The Labute approximate surface area is 240 Å². The maximum atomic E-state index is 13.8. The van der Waals surface area contributed by atoms with Crippen LogP contribution in [0.15, 0.2) is 83.8 Å².